The van der Waals surface area contributed by atoms with Crippen molar-refractivity contribution in [3.8, 4) is 11.5 Å². The van der Waals surface area contributed by atoms with Crippen LogP contribution in [0.15, 0.2) is 24.0 Å². The van der Waals surface area contributed by atoms with E-state index in [0.717, 1.165) is 11.1 Å². The second kappa shape index (κ2) is 12.7. The zero-order valence-electron chi connectivity index (χ0n) is 25.6. The standard InChI is InChI=1S/C30H33NO17/c1-31-8-7-29-20-12-3-4-13(44-2)23(20)48-24(29)14(5-6-30(29,43)17(31)9-12)45-19(34)11-16(47-28(42)22(36)21(35)26(39)40)27(41)46-15(25(37)38)10-18(32)33/h3-5,15-17,21-22,24,35-36,43H,6-11H2,1-2H3,(H,32,33)(H,37,38)(H,39,40)/t15-,16+,17-,21-,22-,24+,29+,30-/m1/s1. The van der Waals surface area contributed by atoms with Gasteiger partial charge in [0.2, 0.25) is 12.2 Å². The van der Waals surface area contributed by atoms with E-state index in [0.29, 0.717) is 30.9 Å². The molecule has 18 nitrogen and oxygen atoms in total. The van der Waals surface area contributed by atoms with Crippen LogP contribution >= 0.6 is 0 Å². The fourth-order valence-electron chi connectivity index (χ4n) is 7.11. The van der Waals surface area contributed by atoms with Crippen molar-refractivity contribution in [2.45, 2.75) is 79.7 Å². The summed E-state index contributed by atoms with van der Waals surface area (Å²) in [6.45, 7) is 0.555. The summed E-state index contributed by atoms with van der Waals surface area (Å²) < 4.78 is 26.9. The molecule has 48 heavy (non-hydrogen) atoms. The van der Waals surface area contributed by atoms with E-state index in [2.05, 4.69) is 4.74 Å². The van der Waals surface area contributed by atoms with Crippen LogP contribution in [-0.4, -0.2) is 134 Å². The van der Waals surface area contributed by atoms with Crippen LogP contribution in [0.2, 0.25) is 0 Å². The summed E-state index contributed by atoms with van der Waals surface area (Å²) in [4.78, 5) is 74.3. The zero-order valence-corrected chi connectivity index (χ0v) is 25.6. The Bertz CT molecular complexity index is 1590. The van der Waals surface area contributed by atoms with E-state index in [1.54, 1.807) is 6.07 Å². The SMILES string of the molecule is COc1ccc2c3c1O[C@H]1C(OC(=O)C[C@H](OC(=O)[C@H](O)[C@@H](O)C(=O)O)C(=O)O[C@H](CC(=O)O)C(=O)O)=CC[C@@]4(O)[C@@H](C2)N(C)CC[C@]314. The Labute approximate surface area is 271 Å². The number of likely N-dealkylation sites (N-methyl/N-ethyl adjacent to an activating group) is 1. The lowest BCUT2D eigenvalue weighted by atomic mass is 9.50. The van der Waals surface area contributed by atoms with Crippen molar-refractivity contribution < 1.29 is 83.1 Å². The fraction of sp³-hybridized carbons (Fsp3) is 0.533. The third-order valence-corrected chi connectivity index (χ3v) is 9.35. The molecule has 0 aromatic heterocycles. The molecule has 2 aliphatic heterocycles. The molecule has 0 amide bonds. The van der Waals surface area contributed by atoms with E-state index in [9.17, 15) is 49.2 Å². The van der Waals surface area contributed by atoms with Crippen LogP contribution in [0.3, 0.4) is 0 Å². The molecule has 5 rings (SSSR count). The smallest absolute Gasteiger partial charge is 0.348 e. The molecule has 260 valence electrons. The molecule has 0 radical (unpaired) electrons. The molecule has 2 aliphatic carbocycles. The number of carboxylic acids is 3. The number of methoxy groups -OCH3 is 1. The van der Waals surface area contributed by atoms with Crippen LogP contribution in [0.25, 0.3) is 0 Å². The number of ether oxygens (including phenoxy) is 5. The van der Waals surface area contributed by atoms with E-state index in [-0.39, 0.29) is 18.2 Å². The number of benzene rings is 1. The maximum absolute atomic E-state index is 13.3. The molecule has 1 saturated heterocycles. The number of hydrogen-bond donors (Lipinski definition) is 6. The van der Waals surface area contributed by atoms with Crippen molar-refractivity contribution in [3.63, 3.8) is 0 Å². The fourth-order valence-corrected chi connectivity index (χ4v) is 7.11. The Hall–Kier alpha value is -4.78. The number of carbonyl (C=O) groups is 6. The van der Waals surface area contributed by atoms with Crippen molar-refractivity contribution in [3.05, 3.63) is 35.1 Å². The Morgan fingerprint density at radius 1 is 0.979 bits per heavy atom. The predicted molar refractivity (Wildman–Crippen MR) is 151 cm³/mol. The number of aliphatic hydroxyl groups is 3. The maximum Gasteiger partial charge on any atom is 0.348 e. The summed E-state index contributed by atoms with van der Waals surface area (Å²) in [6, 6.07) is 3.29. The van der Waals surface area contributed by atoms with Crippen molar-refractivity contribution >= 4 is 35.8 Å². The first-order valence-corrected chi connectivity index (χ1v) is 14.7. The van der Waals surface area contributed by atoms with Crippen molar-refractivity contribution in [1.82, 2.24) is 4.90 Å². The van der Waals surface area contributed by atoms with Crippen LogP contribution in [0.5, 0.6) is 11.5 Å². The van der Waals surface area contributed by atoms with Gasteiger partial charge in [0.1, 0.15) is 5.76 Å². The molecular formula is C30H33NO17. The molecule has 0 saturated carbocycles. The minimum absolute atomic E-state index is 0.0236. The molecule has 2 heterocycles. The summed E-state index contributed by atoms with van der Waals surface area (Å²) >= 11 is 0. The second-order valence-corrected chi connectivity index (χ2v) is 12.0. The summed E-state index contributed by atoms with van der Waals surface area (Å²) in [7, 11) is 3.34. The lowest BCUT2D eigenvalue weighted by molar-refractivity contribution is -0.187. The molecule has 1 aromatic carbocycles. The summed E-state index contributed by atoms with van der Waals surface area (Å²) in [5.74, 6) is -9.85. The highest BCUT2D eigenvalue weighted by atomic mass is 16.6. The largest absolute Gasteiger partial charge is 0.493 e. The number of aliphatic carboxylic acids is 3. The number of carbonyl (C=O) groups excluding carboxylic acids is 3. The second-order valence-electron chi connectivity index (χ2n) is 12.0. The lowest BCUT2D eigenvalue weighted by Crippen LogP contribution is -2.74. The number of rotatable bonds is 13. The van der Waals surface area contributed by atoms with Crippen molar-refractivity contribution in [1.29, 1.82) is 0 Å². The molecule has 1 fully saturated rings. The molecule has 8 atom stereocenters. The van der Waals surface area contributed by atoms with E-state index in [1.165, 1.54) is 13.2 Å². The van der Waals surface area contributed by atoms with Crippen LogP contribution in [0.1, 0.15) is 36.8 Å². The van der Waals surface area contributed by atoms with Crippen LogP contribution in [0.4, 0.5) is 0 Å². The van der Waals surface area contributed by atoms with Crippen LogP contribution < -0.4 is 9.47 Å². The van der Waals surface area contributed by atoms with E-state index in [4.69, 9.17) is 29.2 Å². The first-order valence-electron chi connectivity index (χ1n) is 14.7. The van der Waals surface area contributed by atoms with Gasteiger partial charge in [-0.2, -0.15) is 0 Å². The lowest BCUT2D eigenvalue weighted by Gasteiger charge is -2.61. The highest BCUT2D eigenvalue weighted by Gasteiger charge is 2.72. The van der Waals surface area contributed by atoms with Gasteiger partial charge in [-0.15, -0.1) is 0 Å². The van der Waals surface area contributed by atoms with Gasteiger partial charge < -0.3 is 59.2 Å². The monoisotopic (exact) mass is 679 g/mol. The summed E-state index contributed by atoms with van der Waals surface area (Å²) in [5.41, 5.74) is -0.808. The number of hydrogen-bond acceptors (Lipinski definition) is 15. The molecule has 1 spiro atoms. The topological polar surface area (TPSA) is 273 Å². The van der Waals surface area contributed by atoms with Gasteiger partial charge in [0.05, 0.1) is 31.0 Å². The van der Waals surface area contributed by atoms with Gasteiger partial charge in [-0.3, -0.25) is 9.59 Å². The van der Waals surface area contributed by atoms with Gasteiger partial charge in [-0.1, -0.05) is 6.07 Å². The van der Waals surface area contributed by atoms with Crippen molar-refractivity contribution in [2.75, 3.05) is 20.7 Å². The summed E-state index contributed by atoms with van der Waals surface area (Å²) in [5, 5.41) is 58.8. The quantitative estimate of drug-likeness (QED) is 0.0980. The minimum atomic E-state index is -2.75. The molecular weight excluding hydrogens is 646 g/mol. The number of nitrogens with zero attached hydrogens (tertiary/aromatic N) is 1. The van der Waals surface area contributed by atoms with Gasteiger partial charge in [-0.05, 0) is 44.1 Å². The van der Waals surface area contributed by atoms with Gasteiger partial charge in [-0.25, -0.2) is 19.2 Å². The Morgan fingerprint density at radius 3 is 2.29 bits per heavy atom. The number of esters is 3. The van der Waals surface area contributed by atoms with Gasteiger partial charge in [0.25, 0.3) is 0 Å². The Morgan fingerprint density at radius 2 is 1.67 bits per heavy atom. The molecule has 6 N–H and O–H groups in total. The number of likely N-dealkylation sites (tertiary alicyclic amines) is 1. The van der Waals surface area contributed by atoms with Gasteiger partial charge in [0, 0.05) is 18.0 Å². The Kier molecular flexibility index (Phi) is 9.13. The summed E-state index contributed by atoms with van der Waals surface area (Å²) in [6.07, 6.45) is -11.2. The molecule has 4 aliphatic rings. The number of piperidine rings is 1. The average molecular weight is 680 g/mol. The number of aliphatic hydroxyl groups excluding tert-OH is 2. The highest BCUT2D eigenvalue weighted by molar-refractivity contribution is 5.90. The van der Waals surface area contributed by atoms with Crippen LogP contribution in [0, 0.1) is 0 Å². The first-order chi connectivity index (χ1) is 22.5. The van der Waals surface area contributed by atoms with Gasteiger partial charge in [0.15, 0.2) is 29.8 Å². The first kappa shape index (κ1) is 34.6. The van der Waals surface area contributed by atoms with E-state index < -0.39 is 90.2 Å². The zero-order chi connectivity index (χ0) is 35.3. The molecule has 18 heteroatoms. The number of carboxylic acid groups (broad SMARTS) is 3. The maximum atomic E-state index is 13.3. The minimum Gasteiger partial charge on any atom is -0.493 e. The molecule has 0 unspecified atom stereocenters. The van der Waals surface area contributed by atoms with E-state index in [1.807, 2.05) is 18.0 Å². The van der Waals surface area contributed by atoms with Crippen LogP contribution in [-0.2, 0) is 54.8 Å². The third kappa shape index (κ3) is 5.59. The third-order valence-electron chi connectivity index (χ3n) is 9.35. The highest BCUT2D eigenvalue weighted by Crippen LogP contribution is 2.65. The molecule has 1 aromatic rings. The van der Waals surface area contributed by atoms with Crippen molar-refractivity contribution in [2.24, 2.45) is 0 Å². The van der Waals surface area contributed by atoms with Gasteiger partial charge >= 0.3 is 35.8 Å². The van der Waals surface area contributed by atoms with E-state index >= 15 is 0 Å². The Balaban J connectivity index is 1.43. The predicted octanol–water partition coefficient (Wildman–Crippen LogP) is -1.90. The average Bonchev–Trinajstić information content (AvgIpc) is 3.38. The normalized spacial score (nSPS) is 27.5. The molecule has 2 bridgehead atoms.